The number of rotatable bonds is 5. The van der Waals surface area contributed by atoms with Crippen molar-refractivity contribution in [2.24, 2.45) is 0 Å². The molecule has 1 aromatic carbocycles. The number of amides is 1. The molecule has 142 valence electrons. The van der Waals surface area contributed by atoms with E-state index in [2.05, 4.69) is 51.8 Å². The van der Waals surface area contributed by atoms with Crippen LogP contribution < -0.4 is 5.32 Å². The first-order chi connectivity index (χ1) is 12.0. The Morgan fingerprint density at radius 3 is 2.15 bits per heavy atom. The molecular weight excluding hydrogens is 324 g/mol. The Balaban J connectivity index is 1.85. The molecule has 26 heavy (non-hydrogen) atoms. The molecular formula is C22H32N2O2. The minimum atomic E-state index is -0.0869. The van der Waals surface area contributed by atoms with Crippen molar-refractivity contribution in [3.05, 3.63) is 52.7 Å². The van der Waals surface area contributed by atoms with Crippen molar-refractivity contribution in [1.29, 1.82) is 0 Å². The maximum absolute atomic E-state index is 12.3. The van der Waals surface area contributed by atoms with Gasteiger partial charge in [-0.05, 0) is 36.5 Å². The number of oxazole rings is 1. The minimum Gasteiger partial charge on any atom is -0.445 e. The third-order valence-corrected chi connectivity index (χ3v) is 4.41. The number of carbonyl (C=O) groups is 1. The standard InChI is InChI=1S/C22H32N2O2/c1-15-18(26-20(24-15)22(5,6)7)9-8-14-23-19(25)16-10-12-17(13-11-16)21(2,3)4/h10-13H,8-9,14H2,1-7H3,(H,23,25). The topological polar surface area (TPSA) is 55.1 Å². The zero-order valence-electron chi connectivity index (χ0n) is 17.2. The summed E-state index contributed by atoms with van der Waals surface area (Å²) in [6, 6.07) is 7.85. The Labute approximate surface area is 157 Å². The lowest BCUT2D eigenvalue weighted by atomic mass is 9.87. The van der Waals surface area contributed by atoms with E-state index in [-0.39, 0.29) is 16.7 Å². The van der Waals surface area contributed by atoms with Crippen LogP contribution in [0.2, 0.25) is 0 Å². The number of hydrogen-bond donors (Lipinski definition) is 1. The molecule has 0 radical (unpaired) electrons. The fourth-order valence-electron chi connectivity index (χ4n) is 2.66. The van der Waals surface area contributed by atoms with E-state index in [1.807, 2.05) is 31.2 Å². The molecule has 0 spiro atoms. The largest absolute Gasteiger partial charge is 0.445 e. The van der Waals surface area contributed by atoms with Gasteiger partial charge in [0.1, 0.15) is 5.76 Å². The van der Waals surface area contributed by atoms with Gasteiger partial charge in [-0.2, -0.15) is 0 Å². The van der Waals surface area contributed by atoms with Gasteiger partial charge in [-0.3, -0.25) is 4.79 Å². The van der Waals surface area contributed by atoms with E-state index in [0.717, 1.165) is 30.2 Å². The molecule has 0 saturated heterocycles. The Morgan fingerprint density at radius 1 is 1.04 bits per heavy atom. The first kappa shape index (κ1) is 20.2. The van der Waals surface area contributed by atoms with Crippen LogP contribution in [0.3, 0.4) is 0 Å². The number of aryl methyl sites for hydroxylation is 2. The molecule has 0 fully saturated rings. The van der Waals surface area contributed by atoms with Crippen LogP contribution in [0.5, 0.6) is 0 Å². The molecule has 2 aromatic rings. The van der Waals surface area contributed by atoms with Crippen molar-refractivity contribution >= 4 is 5.91 Å². The zero-order chi connectivity index (χ0) is 19.5. The third-order valence-electron chi connectivity index (χ3n) is 4.41. The van der Waals surface area contributed by atoms with E-state index in [0.29, 0.717) is 12.1 Å². The van der Waals surface area contributed by atoms with Crippen LogP contribution in [0, 0.1) is 6.92 Å². The van der Waals surface area contributed by atoms with Crippen LogP contribution in [0.1, 0.15) is 81.2 Å². The molecule has 0 unspecified atom stereocenters. The normalized spacial score (nSPS) is 12.3. The van der Waals surface area contributed by atoms with Gasteiger partial charge in [-0.15, -0.1) is 0 Å². The summed E-state index contributed by atoms with van der Waals surface area (Å²) in [6.45, 7) is 15.4. The number of hydrogen-bond acceptors (Lipinski definition) is 3. The summed E-state index contributed by atoms with van der Waals surface area (Å²) in [5.74, 6) is 1.65. The second kappa shape index (κ2) is 7.65. The van der Waals surface area contributed by atoms with E-state index in [1.165, 1.54) is 5.56 Å². The molecule has 0 aliphatic rings. The van der Waals surface area contributed by atoms with Gasteiger partial charge >= 0.3 is 0 Å². The Kier molecular flexibility index (Phi) is 5.94. The molecule has 4 heteroatoms. The van der Waals surface area contributed by atoms with Gasteiger partial charge in [0.05, 0.1) is 5.69 Å². The van der Waals surface area contributed by atoms with Gasteiger partial charge in [-0.25, -0.2) is 4.98 Å². The lowest BCUT2D eigenvalue weighted by Crippen LogP contribution is -2.25. The minimum absolute atomic E-state index is 0.0323. The van der Waals surface area contributed by atoms with Crippen LogP contribution in [-0.4, -0.2) is 17.4 Å². The second-order valence-electron chi connectivity index (χ2n) is 8.96. The predicted molar refractivity (Wildman–Crippen MR) is 106 cm³/mol. The smallest absolute Gasteiger partial charge is 0.251 e. The molecule has 1 N–H and O–H groups in total. The maximum atomic E-state index is 12.3. The number of nitrogens with one attached hydrogen (secondary N) is 1. The van der Waals surface area contributed by atoms with E-state index in [1.54, 1.807) is 0 Å². The SMILES string of the molecule is Cc1nc(C(C)(C)C)oc1CCCNC(=O)c1ccc(C(C)(C)C)cc1. The molecule has 0 atom stereocenters. The highest BCUT2D eigenvalue weighted by atomic mass is 16.4. The quantitative estimate of drug-likeness (QED) is 0.772. The van der Waals surface area contributed by atoms with E-state index < -0.39 is 0 Å². The van der Waals surface area contributed by atoms with Crippen LogP contribution >= 0.6 is 0 Å². The molecule has 4 nitrogen and oxygen atoms in total. The van der Waals surface area contributed by atoms with Gasteiger partial charge in [0.15, 0.2) is 5.89 Å². The number of benzene rings is 1. The van der Waals surface area contributed by atoms with Gasteiger partial charge in [-0.1, -0.05) is 53.7 Å². The lowest BCUT2D eigenvalue weighted by molar-refractivity contribution is 0.0953. The Morgan fingerprint density at radius 2 is 1.65 bits per heavy atom. The average molecular weight is 357 g/mol. The molecule has 1 amide bonds. The first-order valence-electron chi connectivity index (χ1n) is 9.34. The zero-order valence-corrected chi connectivity index (χ0v) is 17.2. The average Bonchev–Trinajstić information content (AvgIpc) is 2.92. The van der Waals surface area contributed by atoms with Crippen molar-refractivity contribution in [2.45, 2.75) is 72.1 Å². The molecule has 2 rings (SSSR count). The highest BCUT2D eigenvalue weighted by molar-refractivity contribution is 5.94. The summed E-state index contributed by atoms with van der Waals surface area (Å²) in [5, 5.41) is 2.98. The second-order valence-corrected chi connectivity index (χ2v) is 8.96. The number of carbonyl (C=O) groups excluding carboxylic acids is 1. The first-order valence-corrected chi connectivity index (χ1v) is 9.34. The van der Waals surface area contributed by atoms with Crippen LogP contribution in [-0.2, 0) is 17.3 Å². The van der Waals surface area contributed by atoms with Gasteiger partial charge in [0, 0.05) is 23.9 Å². The van der Waals surface area contributed by atoms with Crippen LogP contribution in [0.25, 0.3) is 0 Å². The van der Waals surface area contributed by atoms with Crippen LogP contribution in [0.15, 0.2) is 28.7 Å². The van der Waals surface area contributed by atoms with Gasteiger partial charge in [0.2, 0.25) is 0 Å². The van der Waals surface area contributed by atoms with Crippen molar-refractivity contribution in [3.63, 3.8) is 0 Å². The summed E-state index contributed by atoms with van der Waals surface area (Å²) in [6.07, 6.45) is 1.60. The summed E-state index contributed by atoms with van der Waals surface area (Å²) in [7, 11) is 0. The fourth-order valence-corrected chi connectivity index (χ4v) is 2.66. The monoisotopic (exact) mass is 356 g/mol. The number of aromatic nitrogens is 1. The maximum Gasteiger partial charge on any atom is 0.251 e. The van der Waals surface area contributed by atoms with Gasteiger partial charge < -0.3 is 9.73 Å². The van der Waals surface area contributed by atoms with Gasteiger partial charge in [0.25, 0.3) is 5.91 Å². The Bertz CT molecular complexity index is 744. The number of nitrogens with zero attached hydrogens (tertiary/aromatic N) is 1. The lowest BCUT2D eigenvalue weighted by Gasteiger charge is -2.19. The highest BCUT2D eigenvalue weighted by Crippen LogP contribution is 2.24. The summed E-state index contributed by atoms with van der Waals surface area (Å²) >= 11 is 0. The highest BCUT2D eigenvalue weighted by Gasteiger charge is 2.22. The molecule has 1 heterocycles. The van der Waals surface area contributed by atoms with Crippen molar-refractivity contribution in [2.75, 3.05) is 6.54 Å². The fraction of sp³-hybridized carbons (Fsp3) is 0.545. The predicted octanol–water partition coefficient (Wildman–Crippen LogP) is 4.94. The molecule has 0 saturated carbocycles. The summed E-state index contributed by atoms with van der Waals surface area (Å²) < 4.78 is 5.89. The molecule has 0 aliphatic carbocycles. The van der Waals surface area contributed by atoms with E-state index in [9.17, 15) is 4.79 Å². The Hall–Kier alpha value is -2.10. The van der Waals surface area contributed by atoms with E-state index >= 15 is 0 Å². The van der Waals surface area contributed by atoms with Crippen LogP contribution in [0.4, 0.5) is 0 Å². The summed E-state index contributed by atoms with van der Waals surface area (Å²) in [5.41, 5.74) is 2.87. The molecule has 0 bridgehead atoms. The molecule has 1 aromatic heterocycles. The van der Waals surface area contributed by atoms with Crippen molar-refractivity contribution in [1.82, 2.24) is 10.3 Å². The summed E-state index contributed by atoms with van der Waals surface area (Å²) in [4.78, 5) is 16.8. The van der Waals surface area contributed by atoms with E-state index in [4.69, 9.17) is 4.42 Å². The van der Waals surface area contributed by atoms with Crippen molar-refractivity contribution in [3.8, 4) is 0 Å². The van der Waals surface area contributed by atoms with Crippen molar-refractivity contribution < 1.29 is 9.21 Å². The third kappa shape index (κ3) is 5.20. The molecule has 0 aliphatic heterocycles.